The van der Waals surface area contributed by atoms with E-state index in [0.29, 0.717) is 25.2 Å². The van der Waals surface area contributed by atoms with Crippen LogP contribution in [-0.4, -0.2) is 54.0 Å². The molecule has 0 radical (unpaired) electrons. The molecular weight excluding hydrogens is 222 g/mol. The maximum absolute atomic E-state index is 13.1. The Morgan fingerprint density at radius 3 is 2.00 bits per heavy atom. The summed E-state index contributed by atoms with van der Waals surface area (Å²) in [5.41, 5.74) is 0. The summed E-state index contributed by atoms with van der Waals surface area (Å²) >= 11 is 0. The van der Waals surface area contributed by atoms with Crippen molar-refractivity contribution in [3.8, 4) is 0 Å². The van der Waals surface area contributed by atoms with Crippen molar-refractivity contribution >= 4 is 0 Å². The Bertz CT molecular complexity index is 238. The summed E-state index contributed by atoms with van der Waals surface area (Å²) in [6.07, 6.45) is 2.39. The van der Waals surface area contributed by atoms with Crippen LogP contribution in [0.25, 0.3) is 0 Å². The van der Waals surface area contributed by atoms with Crippen LogP contribution < -0.4 is 0 Å². The van der Waals surface area contributed by atoms with Crippen molar-refractivity contribution in [1.29, 1.82) is 0 Å². The van der Waals surface area contributed by atoms with Gasteiger partial charge in [0.1, 0.15) is 0 Å². The molecule has 2 aliphatic rings. The molecule has 2 aliphatic heterocycles. The zero-order valence-corrected chi connectivity index (χ0v) is 11.0. The fourth-order valence-electron chi connectivity index (χ4n) is 2.98. The predicted molar refractivity (Wildman–Crippen MR) is 65.5 cm³/mol. The van der Waals surface area contributed by atoms with E-state index in [1.807, 2.05) is 0 Å². The normalized spacial score (nSPS) is 28.8. The average molecular weight is 246 g/mol. The molecule has 2 saturated heterocycles. The molecule has 0 spiro atoms. The van der Waals surface area contributed by atoms with Gasteiger partial charge < -0.3 is 4.90 Å². The van der Waals surface area contributed by atoms with E-state index in [4.69, 9.17) is 0 Å². The van der Waals surface area contributed by atoms with Crippen LogP contribution in [0, 0.1) is 0 Å². The molecule has 100 valence electrons. The van der Waals surface area contributed by atoms with Crippen molar-refractivity contribution in [3.63, 3.8) is 0 Å². The summed E-state index contributed by atoms with van der Waals surface area (Å²) in [6, 6.07) is 1.16. The summed E-state index contributed by atoms with van der Waals surface area (Å²) in [4.78, 5) is 4.77. The summed E-state index contributed by atoms with van der Waals surface area (Å²) in [5.74, 6) is -2.41. The molecule has 0 aromatic carbocycles. The third-order valence-corrected chi connectivity index (χ3v) is 4.28. The first-order valence-electron chi connectivity index (χ1n) is 6.84. The van der Waals surface area contributed by atoms with E-state index in [1.54, 1.807) is 0 Å². The van der Waals surface area contributed by atoms with Gasteiger partial charge in [0, 0.05) is 38.0 Å². The highest BCUT2D eigenvalue weighted by Crippen LogP contribution is 2.30. The molecule has 0 saturated carbocycles. The quantitative estimate of drug-likeness (QED) is 0.739. The fourth-order valence-corrected chi connectivity index (χ4v) is 2.98. The molecule has 2 fully saturated rings. The topological polar surface area (TPSA) is 6.48 Å². The number of hydrogen-bond acceptors (Lipinski definition) is 2. The molecule has 4 heteroatoms. The minimum Gasteiger partial charge on any atom is -0.301 e. The smallest absolute Gasteiger partial charge is 0.250 e. The lowest BCUT2D eigenvalue weighted by molar-refractivity contribution is -0.0680. The van der Waals surface area contributed by atoms with Crippen molar-refractivity contribution in [2.24, 2.45) is 0 Å². The molecule has 0 aromatic rings. The molecule has 0 amide bonds. The molecule has 0 unspecified atom stereocenters. The summed E-state index contributed by atoms with van der Waals surface area (Å²) in [6.45, 7) is 7.85. The number of alkyl halides is 2. The molecule has 0 bridgehead atoms. The molecule has 17 heavy (non-hydrogen) atoms. The van der Waals surface area contributed by atoms with Gasteiger partial charge in [0.2, 0.25) is 0 Å². The number of nitrogens with zero attached hydrogens (tertiary/aromatic N) is 2. The molecule has 0 atom stereocenters. The number of halogens is 2. The first kappa shape index (κ1) is 13.2. The van der Waals surface area contributed by atoms with Crippen LogP contribution in [-0.2, 0) is 0 Å². The van der Waals surface area contributed by atoms with E-state index in [1.165, 1.54) is 0 Å². The first-order chi connectivity index (χ1) is 7.98. The standard InChI is InChI=1S/C13H24F2N2/c1-11(2)16-7-3-12(4-8-16)17-9-5-13(14,15)6-10-17/h11-12H,3-10H2,1-2H3. The summed E-state index contributed by atoms with van der Waals surface area (Å²) < 4.78 is 26.2. The van der Waals surface area contributed by atoms with E-state index < -0.39 is 5.92 Å². The Morgan fingerprint density at radius 1 is 1.00 bits per heavy atom. The first-order valence-corrected chi connectivity index (χ1v) is 6.84. The average Bonchev–Trinajstić information content (AvgIpc) is 2.29. The maximum Gasteiger partial charge on any atom is 0.250 e. The minimum absolute atomic E-state index is 0.0530. The van der Waals surface area contributed by atoms with Gasteiger partial charge in [-0.2, -0.15) is 0 Å². The maximum atomic E-state index is 13.1. The van der Waals surface area contributed by atoms with Gasteiger partial charge in [0.25, 0.3) is 5.92 Å². The lowest BCUT2D eigenvalue weighted by atomic mass is 9.98. The van der Waals surface area contributed by atoms with E-state index in [9.17, 15) is 8.78 Å². The van der Waals surface area contributed by atoms with Gasteiger partial charge in [-0.05, 0) is 39.8 Å². The molecular formula is C13H24F2N2. The summed E-state index contributed by atoms with van der Waals surface area (Å²) in [7, 11) is 0. The lowest BCUT2D eigenvalue weighted by Gasteiger charge is -2.42. The Morgan fingerprint density at radius 2 is 1.53 bits per heavy atom. The third kappa shape index (κ3) is 3.38. The highest BCUT2D eigenvalue weighted by Gasteiger charge is 2.36. The molecule has 0 aliphatic carbocycles. The zero-order chi connectivity index (χ0) is 12.5. The monoisotopic (exact) mass is 246 g/mol. The van der Waals surface area contributed by atoms with Crippen molar-refractivity contribution in [1.82, 2.24) is 9.80 Å². The van der Waals surface area contributed by atoms with Crippen LogP contribution in [0.5, 0.6) is 0 Å². The predicted octanol–water partition coefficient (Wildman–Crippen LogP) is 2.59. The second kappa shape index (κ2) is 5.19. The van der Waals surface area contributed by atoms with Crippen LogP contribution in [0.1, 0.15) is 39.5 Å². The van der Waals surface area contributed by atoms with Gasteiger partial charge in [-0.25, -0.2) is 8.78 Å². The zero-order valence-electron chi connectivity index (χ0n) is 11.0. The van der Waals surface area contributed by atoms with E-state index in [0.717, 1.165) is 25.9 Å². The van der Waals surface area contributed by atoms with E-state index >= 15 is 0 Å². The van der Waals surface area contributed by atoms with Crippen molar-refractivity contribution < 1.29 is 8.78 Å². The Kier molecular flexibility index (Phi) is 4.03. The van der Waals surface area contributed by atoms with Gasteiger partial charge in [0.05, 0.1) is 0 Å². The second-order valence-electron chi connectivity index (χ2n) is 5.75. The Labute approximate surface area is 103 Å². The molecule has 2 heterocycles. The van der Waals surface area contributed by atoms with Crippen molar-refractivity contribution in [3.05, 3.63) is 0 Å². The van der Waals surface area contributed by atoms with Crippen LogP contribution in [0.2, 0.25) is 0 Å². The van der Waals surface area contributed by atoms with Gasteiger partial charge in [0.15, 0.2) is 0 Å². The number of piperidine rings is 2. The lowest BCUT2D eigenvalue weighted by Crippen LogP contribution is -2.50. The van der Waals surface area contributed by atoms with Gasteiger partial charge >= 0.3 is 0 Å². The highest BCUT2D eigenvalue weighted by atomic mass is 19.3. The van der Waals surface area contributed by atoms with E-state index in [2.05, 4.69) is 23.6 Å². The van der Waals surface area contributed by atoms with E-state index in [-0.39, 0.29) is 12.8 Å². The molecule has 2 rings (SSSR count). The van der Waals surface area contributed by atoms with Gasteiger partial charge in [-0.1, -0.05) is 0 Å². The molecule has 0 N–H and O–H groups in total. The van der Waals surface area contributed by atoms with Gasteiger partial charge in [-0.15, -0.1) is 0 Å². The highest BCUT2D eigenvalue weighted by molar-refractivity contribution is 4.86. The SMILES string of the molecule is CC(C)N1CCC(N2CCC(F)(F)CC2)CC1. The third-order valence-electron chi connectivity index (χ3n) is 4.28. The van der Waals surface area contributed by atoms with Crippen LogP contribution in [0.15, 0.2) is 0 Å². The van der Waals surface area contributed by atoms with Crippen molar-refractivity contribution in [2.45, 2.75) is 57.5 Å². The molecule has 2 nitrogen and oxygen atoms in total. The second-order valence-corrected chi connectivity index (χ2v) is 5.75. The number of rotatable bonds is 2. The summed E-state index contributed by atoms with van der Waals surface area (Å²) in [5, 5.41) is 0. The Hall–Kier alpha value is -0.220. The number of likely N-dealkylation sites (tertiary alicyclic amines) is 2. The minimum atomic E-state index is -2.41. The molecule has 0 aromatic heterocycles. The number of hydrogen-bond donors (Lipinski definition) is 0. The van der Waals surface area contributed by atoms with Crippen molar-refractivity contribution in [2.75, 3.05) is 26.2 Å². The Balaban J connectivity index is 1.78. The van der Waals surface area contributed by atoms with Crippen LogP contribution in [0.4, 0.5) is 8.78 Å². The van der Waals surface area contributed by atoms with Gasteiger partial charge in [-0.3, -0.25) is 4.90 Å². The fraction of sp³-hybridized carbons (Fsp3) is 1.00. The van der Waals surface area contributed by atoms with Crippen LogP contribution >= 0.6 is 0 Å². The largest absolute Gasteiger partial charge is 0.301 e. The van der Waals surface area contributed by atoms with Crippen LogP contribution in [0.3, 0.4) is 0 Å².